The van der Waals surface area contributed by atoms with Crippen LogP contribution in [-0.4, -0.2) is 56.3 Å². The van der Waals surface area contributed by atoms with Crippen molar-refractivity contribution in [2.45, 2.75) is 11.1 Å². The first-order valence-electron chi connectivity index (χ1n) is 7.70. The quantitative estimate of drug-likeness (QED) is 0.488. The molecule has 0 spiro atoms. The summed E-state index contributed by atoms with van der Waals surface area (Å²) in [5.41, 5.74) is 3.54. The lowest BCUT2D eigenvalue weighted by Gasteiger charge is -2.12. The van der Waals surface area contributed by atoms with Crippen molar-refractivity contribution in [2.24, 2.45) is 15.7 Å². The number of nitrogens with zero attached hydrogens (tertiary/aromatic N) is 2. The maximum atomic E-state index is 12.8. The van der Waals surface area contributed by atoms with Crippen molar-refractivity contribution in [1.29, 1.82) is 0 Å². The standard InChI is InChI=1S/C17H18F3N3O4S2/c1-10(11-5-4-6-12(7-11)29(3,26)27)28-16(22-2)13(23-9-15(24)25)8-14(21)17(18,19)20/h4-8H,1,9,21H2,2-3H3,(H,24,25). The van der Waals surface area contributed by atoms with Gasteiger partial charge in [-0.05, 0) is 23.8 Å². The van der Waals surface area contributed by atoms with Crippen LogP contribution in [0, 0.1) is 0 Å². The summed E-state index contributed by atoms with van der Waals surface area (Å²) in [4.78, 5) is 18.5. The van der Waals surface area contributed by atoms with Crippen LogP contribution in [0.3, 0.4) is 0 Å². The molecule has 0 aliphatic rings. The number of aliphatic imine (C=N–C) groups is 2. The fourth-order valence-corrected chi connectivity index (χ4v) is 3.31. The average molecular weight is 449 g/mol. The van der Waals surface area contributed by atoms with Crippen molar-refractivity contribution >= 4 is 43.2 Å². The molecule has 0 saturated carbocycles. The number of halogens is 3. The fourth-order valence-electron chi connectivity index (χ4n) is 1.85. The predicted molar refractivity (Wildman–Crippen MR) is 108 cm³/mol. The summed E-state index contributed by atoms with van der Waals surface area (Å²) in [6, 6.07) is 5.79. The number of allylic oxidation sites excluding steroid dienone is 2. The number of carbonyl (C=O) groups is 1. The van der Waals surface area contributed by atoms with Gasteiger partial charge in [0.15, 0.2) is 9.84 Å². The number of carboxylic acids is 1. The molecule has 0 bridgehead atoms. The highest BCUT2D eigenvalue weighted by atomic mass is 32.2. The number of nitrogens with two attached hydrogens (primary N) is 1. The maximum absolute atomic E-state index is 12.8. The van der Waals surface area contributed by atoms with Crippen LogP contribution in [0.25, 0.3) is 4.91 Å². The molecule has 0 unspecified atom stereocenters. The summed E-state index contributed by atoms with van der Waals surface area (Å²) in [7, 11) is -2.21. The van der Waals surface area contributed by atoms with Gasteiger partial charge in [-0.15, -0.1) is 0 Å². The SMILES string of the molecule is C=C(SC(=NC)C(C=C(N)C(F)(F)F)=NCC(=O)O)c1cccc(S(C)(=O)=O)c1. The summed E-state index contributed by atoms with van der Waals surface area (Å²) in [6.45, 7) is 2.98. The van der Waals surface area contributed by atoms with Crippen LogP contribution < -0.4 is 5.73 Å². The number of benzene rings is 1. The molecule has 0 heterocycles. The Kier molecular flexibility index (Phi) is 8.21. The van der Waals surface area contributed by atoms with Crippen LogP contribution in [0.1, 0.15) is 5.56 Å². The molecule has 29 heavy (non-hydrogen) atoms. The molecule has 0 fully saturated rings. The number of thioether (sulfide) groups is 1. The van der Waals surface area contributed by atoms with Gasteiger partial charge in [0.1, 0.15) is 17.3 Å². The zero-order valence-electron chi connectivity index (χ0n) is 15.4. The van der Waals surface area contributed by atoms with Crippen LogP contribution >= 0.6 is 11.8 Å². The van der Waals surface area contributed by atoms with E-state index in [0.29, 0.717) is 11.6 Å². The molecule has 7 nitrogen and oxygen atoms in total. The van der Waals surface area contributed by atoms with Gasteiger partial charge >= 0.3 is 12.1 Å². The lowest BCUT2D eigenvalue weighted by molar-refractivity contribution is -0.135. The van der Waals surface area contributed by atoms with Gasteiger partial charge in [-0.25, -0.2) is 8.42 Å². The Balaban J connectivity index is 3.28. The van der Waals surface area contributed by atoms with Gasteiger partial charge in [0, 0.05) is 18.2 Å². The Morgan fingerprint density at radius 2 is 2.00 bits per heavy atom. The van der Waals surface area contributed by atoms with Crippen LogP contribution in [-0.2, 0) is 14.6 Å². The van der Waals surface area contributed by atoms with Crippen LogP contribution in [0.15, 0.2) is 57.5 Å². The normalized spacial score (nSPS) is 14.0. The molecule has 3 N–H and O–H groups in total. The second-order valence-electron chi connectivity index (χ2n) is 5.55. The van der Waals surface area contributed by atoms with E-state index in [4.69, 9.17) is 10.8 Å². The van der Waals surface area contributed by atoms with Crippen molar-refractivity contribution in [3.63, 3.8) is 0 Å². The van der Waals surface area contributed by atoms with Gasteiger partial charge in [0.05, 0.1) is 10.6 Å². The molecule has 1 rings (SSSR count). The average Bonchev–Trinajstić information content (AvgIpc) is 2.61. The topological polar surface area (TPSA) is 122 Å². The first kappa shape index (κ1) is 24.4. The monoisotopic (exact) mass is 449 g/mol. The molecule has 0 aromatic heterocycles. The smallest absolute Gasteiger partial charge is 0.430 e. The Morgan fingerprint density at radius 1 is 1.38 bits per heavy atom. The number of alkyl halides is 3. The van der Waals surface area contributed by atoms with Crippen LogP contribution in [0.5, 0.6) is 0 Å². The van der Waals surface area contributed by atoms with Gasteiger partial charge in [-0.2, -0.15) is 13.2 Å². The largest absolute Gasteiger partial charge is 0.480 e. The van der Waals surface area contributed by atoms with Gasteiger partial charge in [0.25, 0.3) is 0 Å². The molecule has 0 radical (unpaired) electrons. The van der Waals surface area contributed by atoms with E-state index in [2.05, 4.69) is 16.6 Å². The number of rotatable bonds is 7. The molecule has 12 heteroatoms. The summed E-state index contributed by atoms with van der Waals surface area (Å²) < 4.78 is 61.7. The summed E-state index contributed by atoms with van der Waals surface area (Å²) in [5, 5.41) is 8.70. The van der Waals surface area contributed by atoms with Gasteiger partial charge < -0.3 is 10.8 Å². The Morgan fingerprint density at radius 3 is 2.48 bits per heavy atom. The summed E-state index contributed by atoms with van der Waals surface area (Å²) in [6.07, 6.45) is -3.32. The predicted octanol–water partition coefficient (Wildman–Crippen LogP) is 2.75. The number of carboxylic acid groups (broad SMARTS) is 1. The van der Waals surface area contributed by atoms with Crippen molar-refractivity contribution in [1.82, 2.24) is 0 Å². The van der Waals surface area contributed by atoms with Gasteiger partial charge in [-0.3, -0.25) is 14.8 Å². The molecule has 0 atom stereocenters. The number of hydrogen-bond acceptors (Lipinski definition) is 7. The van der Waals surface area contributed by atoms with E-state index in [9.17, 15) is 26.4 Å². The third-order valence-corrected chi connectivity index (χ3v) is 5.41. The molecule has 0 aliphatic carbocycles. The van der Waals surface area contributed by atoms with Crippen LogP contribution in [0.2, 0.25) is 0 Å². The maximum Gasteiger partial charge on any atom is 0.430 e. The van der Waals surface area contributed by atoms with E-state index >= 15 is 0 Å². The second-order valence-corrected chi connectivity index (χ2v) is 8.65. The zero-order valence-corrected chi connectivity index (χ0v) is 17.0. The first-order valence-corrected chi connectivity index (χ1v) is 10.4. The lowest BCUT2D eigenvalue weighted by Crippen LogP contribution is -2.23. The number of sulfone groups is 1. The molecular weight excluding hydrogens is 431 g/mol. The highest BCUT2D eigenvalue weighted by Gasteiger charge is 2.32. The molecule has 0 aliphatic heterocycles. The van der Waals surface area contributed by atoms with Crippen molar-refractivity contribution in [2.75, 3.05) is 19.8 Å². The molecule has 1 aromatic carbocycles. The minimum absolute atomic E-state index is 0.0349. The van der Waals surface area contributed by atoms with Gasteiger partial charge in [0.2, 0.25) is 0 Å². The second kappa shape index (κ2) is 9.74. The third-order valence-electron chi connectivity index (χ3n) is 3.23. The molecule has 0 amide bonds. The minimum Gasteiger partial charge on any atom is -0.480 e. The Labute approximate surface area is 169 Å². The third kappa shape index (κ3) is 7.74. The minimum atomic E-state index is -4.84. The Bertz CT molecular complexity index is 997. The van der Waals surface area contributed by atoms with E-state index in [0.717, 1.165) is 18.0 Å². The van der Waals surface area contributed by atoms with Crippen LogP contribution in [0.4, 0.5) is 13.2 Å². The fraction of sp³-hybridized carbons (Fsp3) is 0.235. The number of aliphatic carboxylic acids is 1. The van der Waals surface area contributed by atoms with E-state index in [-0.39, 0.29) is 14.8 Å². The molecule has 1 aromatic rings. The Hall–Kier alpha value is -2.60. The number of hydrogen-bond donors (Lipinski definition) is 2. The highest BCUT2D eigenvalue weighted by Crippen LogP contribution is 2.30. The van der Waals surface area contributed by atoms with Crippen molar-refractivity contribution in [3.05, 3.63) is 48.2 Å². The van der Waals surface area contributed by atoms with E-state index in [1.54, 1.807) is 6.07 Å². The zero-order chi connectivity index (χ0) is 22.4. The van der Waals surface area contributed by atoms with Gasteiger partial charge in [-0.1, -0.05) is 30.5 Å². The van der Waals surface area contributed by atoms with E-state index in [1.165, 1.54) is 25.2 Å². The highest BCUT2D eigenvalue weighted by molar-refractivity contribution is 8.23. The van der Waals surface area contributed by atoms with E-state index in [1.807, 2.05) is 0 Å². The molecule has 158 valence electrons. The van der Waals surface area contributed by atoms with Crippen molar-refractivity contribution in [3.8, 4) is 0 Å². The van der Waals surface area contributed by atoms with E-state index < -0.39 is 39.9 Å². The first-order chi connectivity index (χ1) is 13.3. The summed E-state index contributed by atoms with van der Waals surface area (Å²) in [5.74, 6) is -1.36. The molecule has 0 saturated heterocycles. The summed E-state index contributed by atoms with van der Waals surface area (Å²) >= 11 is 0.799. The van der Waals surface area contributed by atoms with Crippen molar-refractivity contribution < 1.29 is 31.5 Å². The lowest BCUT2D eigenvalue weighted by atomic mass is 10.2. The molecular formula is C17H18F3N3O4S2.